The molecule has 2 aromatic carbocycles. The van der Waals surface area contributed by atoms with Gasteiger partial charge in [-0.3, -0.25) is 4.90 Å². The van der Waals surface area contributed by atoms with Crippen LogP contribution in [0.5, 0.6) is 0 Å². The Balaban J connectivity index is 1.71. The van der Waals surface area contributed by atoms with Gasteiger partial charge in [-0.25, -0.2) is 0 Å². The lowest BCUT2D eigenvalue weighted by Crippen LogP contribution is -2.47. The summed E-state index contributed by atoms with van der Waals surface area (Å²) in [4.78, 5) is 7.09. The van der Waals surface area contributed by atoms with Gasteiger partial charge in [-0.1, -0.05) is 65.8 Å². The average molecular weight is 349 g/mol. The third-order valence-electron chi connectivity index (χ3n) is 4.64. The van der Waals surface area contributed by atoms with Crippen LogP contribution in [-0.2, 0) is 4.74 Å². The Labute approximate surface area is 153 Å². The zero-order chi connectivity index (χ0) is 17.9. The van der Waals surface area contributed by atoms with Gasteiger partial charge in [-0.15, -0.1) is 0 Å². The number of aromatic nitrogens is 2. The highest BCUT2D eigenvalue weighted by Crippen LogP contribution is 2.31. The van der Waals surface area contributed by atoms with E-state index in [1.54, 1.807) is 0 Å². The van der Waals surface area contributed by atoms with Crippen LogP contribution in [-0.4, -0.2) is 40.3 Å². The van der Waals surface area contributed by atoms with Crippen LogP contribution < -0.4 is 0 Å². The summed E-state index contributed by atoms with van der Waals surface area (Å²) in [5.74, 6) is 1.24. The van der Waals surface area contributed by atoms with Crippen LogP contribution in [0.2, 0.25) is 0 Å². The van der Waals surface area contributed by atoms with Gasteiger partial charge in [0.1, 0.15) is 6.04 Å². The number of nitrogens with zero attached hydrogens (tertiary/aromatic N) is 3. The van der Waals surface area contributed by atoms with E-state index >= 15 is 0 Å². The third-order valence-corrected chi connectivity index (χ3v) is 4.64. The number of hydrogen-bond acceptors (Lipinski definition) is 5. The van der Waals surface area contributed by atoms with Crippen molar-refractivity contribution in [3.8, 4) is 11.4 Å². The summed E-state index contributed by atoms with van der Waals surface area (Å²) in [7, 11) is 0. The van der Waals surface area contributed by atoms with E-state index in [0.29, 0.717) is 11.7 Å². The van der Waals surface area contributed by atoms with Gasteiger partial charge in [0, 0.05) is 18.7 Å². The summed E-state index contributed by atoms with van der Waals surface area (Å²) in [6.45, 7) is 5.86. The highest BCUT2D eigenvalue weighted by atomic mass is 16.5. The molecule has 0 unspecified atom stereocenters. The molecule has 0 radical (unpaired) electrons. The second kappa shape index (κ2) is 7.40. The summed E-state index contributed by atoms with van der Waals surface area (Å²) in [5.41, 5.74) is 2.11. The summed E-state index contributed by atoms with van der Waals surface area (Å²) in [6, 6.07) is 20.2. The van der Waals surface area contributed by atoms with E-state index in [1.807, 2.05) is 48.5 Å². The fourth-order valence-electron chi connectivity index (χ4n) is 3.62. The Bertz CT molecular complexity index is 825. The Kier molecular flexibility index (Phi) is 4.82. The Morgan fingerprint density at radius 3 is 2.19 bits per heavy atom. The first-order chi connectivity index (χ1) is 12.7. The average Bonchev–Trinajstić information content (AvgIpc) is 3.12. The highest BCUT2D eigenvalue weighted by molar-refractivity contribution is 5.53. The Morgan fingerprint density at radius 1 is 0.923 bits per heavy atom. The van der Waals surface area contributed by atoms with Gasteiger partial charge < -0.3 is 9.26 Å². The van der Waals surface area contributed by atoms with Gasteiger partial charge in [0.2, 0.25) is 11.7 Å². The second-order valence-electron chi connectivity index (χ2n) is 6.85. The van der Waals surface area contributed by atoms with Crippen LogP contribution in [0.15, 0.2) is 65.2 Å². The van der Waals surface area contributed by atoms with E-state index in [-0.39, 0.29) is 18.2 Å². The molecule has 0 aliphatic carbocycles. The molecule has 134 valence electrons. The van der Waals surface area contributed by atoms with Gasteiger partial charge in [0.05, 0.1) is 12.2 Å². The van der Waals surface area contributed by atoms with Crippen molar-refractivity contribution < 1.29 is 9.26 Å². The monoisotopic (exact) mass is 349 g/mol. The summed E-state index contributed by atoms with van der Waals surface area (Å²) >= 11 is 0. The van der Waals surface area contributed by atoms with Crippen molar-refractivity contribution in [2.45, 2.75) is 32.1 Å². The van der Waals surface area contributed by atoms with Gasteiger partial charge in [0.15, 0.2) is 0 Å². The maximum atomic E-state index is 5.90. The molecule has 0 amide bonds. The number of ether oxygens (including phenoxy) is 1. The lowest BCUT2D eigenvalue weighted by atomic mass is 10.0. The molecule has 3 atom stereocenters. The minimum absolute atomic E-state index is 0.0741. The molecule has 2 heterocycles. The molecule has 5 heteroatoms. The first-order valence-corrected chi connectivity index (χ1v) is 9.04. The first kappa shape index (κ1) is 16.9. The number of rotatable bonds is 4. The molecule has 1 saturated heterocycles. The van der Waals surface area contributed by atoms with Crippen LogP contribution >= 0.6 is 0 Å². The molecule has 5 nitrogen and oxygen atoms in total. The Morgan fingerprint density at radius 2 is 1.54 bits per heavy atom. The quantitative estimate of drug-likeness (QED) is 0.714. The molecule has 3 aromatic rings. The SMILES string of the molecule is C[C@@H]1CN([C@H](c2ccccc2)c2nc(-c3ccccc3)no2)C[C@@H](C)O1. The molecular weight excluding hydrogens is 326 g/mol. The largest absolute Gasteiger partial charge is 0.373 e. The van der Waals surface area contributed by atoms with Crippen LogP contribution in [0.25, 0.3) is 11.4 Å². The predicted octanol–water partition coefficient (Wildman–Crippen LogP) is 3.94. The maximum absolute atomic E-state index is 5.90. The fraction of sp³-hybridized carbons (Fsp3) is 0.333. The molecule has 1 aliphatic rings. The van der Waals surface area contributed by atoms with Gasteiger partial charge in [0.25, 0.3) is 0 Å². The highest BCUT2D eigenvalue weighted by Gasteiger charge is 2.33. The van der Waals surface area contributed by atoms with E-state index in [1.165, 1.54) is 0 Å². The fourth-order valence-corrected chi connectivity index (χ4v) is 3.62. The third kappa shape index (κ3) is 3.54. The lowest BCUT2D eigenvalue weighted by Gasteiger charge is -2.38. The normalized spacial score (nSPS) is 22.2. The second-order valence-corrected chi connectivity index (χ2v) is 6.85. The van der Waals surface area contributed by atoms with Crippen molar-refractivity contribution in [2.24, 2.45) is 0 Å². The van der Waals surface area contributed by atoms with Gasteiger partial charge >= 0.3 is 0 Å². The molecule has 0 saturated carbocycles. The molecule has 1 aromatic heterocycles. The van der Waals surface area contributed by atoms with Crippen molar-refractivity contribution in [2.75, 3.05) is 13.1 Å². The van der Waals surface area contributed by atoms with Crippen molar-refractivity contribution in [3.63, 3.8) is 0 Å². The molecule has 0 bridgehead atoms. The van der Waals surface area contributed by atoms with E-state index in [0.717, 1.165) is 24.2 Å². The molecule has 26 heavy (non-hydrogen) atoms. The molecule has 4 rings (SSSR count). The van der Waals surface area contributed by atoms with Gasteiger partial charge in [-0.05, 0) is 19.4 Å². The minimum atomic E-state index is -0.0741. The van der Waals surface area contributed by atoms with Crippen LogP contribution in [0.1, 0.15) is 31.3 Å². The first-order valence-electron chi connectivity index (χ1n) is 9.04. The van der Waals surface area contributed by atoms with Gasteiger partial charge in [-0.2, -0.15) is 4.98 Å². The molecule has 0 N–H and O–H groups in total. The van der Waals surface area contributed by atoms with E-state index in [2.05, 4.69) is 36.0 Å². The Hall–Kier alpha value is -2.50. The molecule has 1 aliphatic heterocycles. The number of morpholine rings is 1. The zero-order valence-corrected chi connectivity index (χ0v) is 15.1. The predicted molar refractivity (Wildman–Crippen MR) is 99.6 cm³/mol. The number of benzene rings is 2. The standard InChI is InChI=1S/C21H23N3O2/c1-15-13-24(14-16(2)25-15)19(17-9-5-3-6-10-17)21-22-20(23-26-21)18-11-7-4-8-12-18/h3-12,15-16,19H,13-14H2,1-2H3/t15-,16-,19-/m1/s1. The van der Waals surface area contributed by atoms with E-state index < -0.39 is 0 Å². The van der Waals surface area contributed by atoms with Crippen LogP contribution in [0.3, 0.4) is 0 Å². The van der Waals surface area contributed by atoms with Crippen molar-refractivity contribution in [3.05, 3.63) is 72.1 Å². The van der Waals surface area contributed by atoms with Crippen LogP contribution in [0, 0.1) is 0 Å². The maximum Gasteiger partial charge on any atom is 0.248 e. The van der Waals surface area contributed by atoms with Crippen molar-refractivity contribution >= 4 is 0 Å². The summed E-state index contributed by atoms with van der Waals surface area (Å²) < 4.78 is 11.6. The van der Waals surface area contributed by atoms with Crippen LogP contribution in [0.4, 0.5) is 0 Å². The minimum Gasteiger partial charge on any atom is -0.373 e. The van der Waals surface area contributed by atoms with E-state index in [4.69, 9.17) is 14.2 Å². The van der Waals surface area contributed by atoms with Crippen molar-refractivity contribution in [1.29, 1.82) is 0 Å². The summed E-state index contributed by atoms with van der Waals surface area (Å²) in [5, 5.41) is 4.22. The lowest BCUT2D eigenvalue weighted by molar-refractivity contribution is -0.0791. The van der Waals surface area contributed by atoms with Crippen molar-refractivity contribution in [1.82, 2.24) is 15.0 Å². The topological polar surface area (TPSA) is 51.4 Å². The molecular formula is C21H23N3O2. The number of hydrogen-bond donors (Lipinski definition) is 0. The molecule has 1 fully saturated rings. The smallest absolute Gasteiger partial charge is 0.248 e. The van der Waals surface area contributed by atoms with E-state index in [9.17, 15) is 0 Å². The molecule has 0 spiro atoms. The zero-order valence-electron chi connectivity index (χ0n) is 15.1. The summed E-state index contributed by atoms with van der Waals surface area (Å²) in [6.07, 6.45) is 0.336.